The summed E-state index contributed by atoms with van der Waals surface area (Å²) in [4.78, 5) is 28.7. The molecule has 0 radical (unpaired) electrons. The van der Waals surface area contributed by atoms with E-state index in [0.717, 1.165) is 11.5 Å². The predicted molar refractivity (Wildman–Crippen MR) is 111 cm³/mol. The maximum absolute atomic E-state index is 12.7. The first-order chi connectivity index (χ1) is 14.2. The highest BCUT2D eigenvalue weighted by Gasteiger charge is 2.24. The van der Waals surface area contributed by atoms with Gasteiger partial charge in [0.1, 0.15) is 11.5 Å². The van der Waals surface area contributed by atoms with Crippen molar-refractivity contribution in [1.82, 2.24) is 9.80 Å². The molecule has 1 aliphatic heterocycles. The van der Waals surface area contributed by atoms with Crippen LogP contribution in [0.5, 0.6) is 11.5 Å². The SMILES string of the molecule is CCOc1ccc(C(=O)N2CCN(C(=O)CCCOc3ccccc3)CC2)cc1. The molecule has 0 bridgehead atoms. The Balaban J connectivity index is 1.38. The molecular weight excluding hydrogens is 368 g/mol. The van der Waals surface area contributed by atoms with Crippen molar-refractivity contribution in [1.29, 1.82) is 0 Å². The van der Waals surface area contributed by atoms with Gasteiger partial charge in [0.25, 0.3) is 5.91 Å². The van der Waals surface area contributed by atoms with Gasteiger partial charge in [-0.3, -0.25) is 9.59 Å². The van der Waals surface area contributed by atoms with E-state index in [0.29, 0.717) is 57.8 Å². The highest BCUT2D eigenvalue weighted by Crippen LogP contribution is 2.15. The number of para-hydroxylation sites is 1. The minimum atomic E-state index is -0.00333. The Labute approximate surface area is 172 Å². The average Bonchev–Trinajstić information content (AvgIpc) is 2.78. The van der Waals surface area contributed by atoms with Gasteiger partial charge in [-0.05, 0) is 49.7 Å². The van der Waals surface area contributed by atoms with Crippen molar-refractivity contribution in [2.75, 3.05) is 39.4 Å². The molecule has 1 saturated heterocycles. The van der Waals surface area contributed by atoms with Crippen LogP contribution in [0, 0.1) is 0 Å². The lowest BCUT2D eigenvalue weighted by atomic mass is 10.1. The summed E-state index contributed by atoms with van der Waals surface area (Å²) in [6.07, 6.45) is 1.14. The van der Waals surface area contributed by atoms with Crippen LogP contribution in [0.2, 0.25) is 0 Å². The molecule has 1 fully saturated rings. The highest BCUT2D eigenvalue weighted by atomic mass is 16.5. The second-order valence-electron chi connectivity index (χ2n) is 6.90. The van der Waals surface area contributed by atoms with E-state index in [-0.39, 0.29) is 11.8 Å². The van der Waals surface area contributed by atoms with Crippen molar-refractivity contribution in [3.05, 3.63) is 60.2 Å². The maximum Gasteiger partial charge on any atom is 0.253 e. The molecule has 0 saturated carbocycles. The van der Waals surface area contributed by atoms with E-state index in [1.54, 1.807) is 17.0 Å². The van der Waals surface area contributed by atoms with E-state index >= 15 is 0 Å². The number of carbonyl (C=O) groups is 2. The Bertz CT molecular complexity index is 784. The quantitative estimate of drug-likeness (QED) is 0.643. The number of hydrogen-bond acceptors (Lipinski definition) is 4. The predicted octanol–water partition coefficient (Wildman–Crippen LogP) is 3.23. The van der Waals surface area contributed by atoms with Gasteiger partial charge in [0.15, 0.2) is 0 Å². The van der Waals surface area contributed by atoms with Crippen LogP contribution in [0.3, 0.4) is 0 Å². The molecule has 6 heteroatoms. The summed E-state index contributed by atoms with van der Waals surface area (Å²) in [6, 6.07) is 16.8. The summed E-state index contributed by atoms with van der Waals surface area (Å²) < 4.78 is 11.0. The number of piperazine rings is 1. The third-order valence-electron chi connectivity index (χ3n) is 4.88. The lowest BCUT2D eigenvalue weighted by molar-refractivity contribution is -0.132. The Kier molecular flexibility index (Phi) is 7.50. The van der Waals surface area contributed by atoms with E-state index < -0.39 is 0 Å². The topological polar surface area (TPSA) is 59.1 Å². The van der Waals surface area contributed by atoms with E-state index in [1.807, 2.05) is 54.3 Å². The summed E-state index contributed by atoms with van der Waals surface area (Å²) in [5, 5.41) is 0. The first-order valence-corrected chi connectivity index (χ1v) is 10.1. The van der Waals surface area contributed by atoms with Gasteiger partial charge in [-0.15, -0.1) is 0 Å². The fraction of sp³-hybridized carbons (Fsp3) is 0.391. The number of amides is 2. The third-order valence-corrected chi connectivity index (χ3v) is 4.88. The molecule has 0 aromatic heterocycles. The molecule has 2 aromatic rings. The lowest BCUT2D eigenvalue weighted by Gasteiger charge is -2.35. The molecule has 1 heterocycles. The van der Waals surface area contributed by atoms with Crippen molar-refractivity contribution in [3.63, 3.8) is 0 Å². The third kappa shape index (κ3) is 5.98. The van der Waals surface area contributed by atoms with Gasteiger partial charge < -0.3 is 19.3 Å². The fourth-order valence-corrected chi connectivity index (χ4v) is 3.29. The minimum Gasteiger partial charge on any atom is -0.494 e. The molecule has 0 aliphatic carbocycles. The van der Waals surface area contributed by atoms with E-state index in [1.165, 1.54) is 0 Å². The van der Waals surface area contributed by atoms with Crippen molar-refractivity contribution >= 4 is 11.8 Å². The second kappa shape index (κ2) is 10.5. The monoisotopic (exact) mass is 396 g/mol. The molecule has 154 valence electrons. The summed E-state index contributed by atoms with van der Waals surface area (Å²) in [7, 11) is 0. The van der Waals surface area contributed by atoms with Crippen LogP contribution < -0.4 is 9.47 Å². The number of hydrogen-bond donors (Lipinski definition) is 0. The lowest BCUT2D eigenvalue weighted by Crippen LogP contribution is -2.50. The number of carbonyl (C=O) groups excluding carboxylic acids is 2. The zero-order valence-electron chi connectivity index (χ0n) is 16.9. The second-order valence-corrected chi connectivity index (χ2v) is 6.90. The zero-order valence-corrected chi connectivity index (χ0v) is 16.9. The van der Waals surface area contributed by atoms with Gasteiger partial charge in [0, 0.05) is 38.2 Å². The summed E-state index contributed by atoms with van der Waals surface area (Å²) in [6.45, 7) is 5.29. The molecule has 3 rings (SSSR count). The standard InChI is InChI=1S/C23H28N2O4/c1-2-28-21-12-10-19(11-13-21)23(27)25-16-14-24(15-17-25)22(26)9-6-18-29-20-7-4-3-5-8-20/h3-5,7-8,10-13H,2,6,9,14-18H2,1H3. The zero-order chi connectivity index (χ0) is 20.5. The van der Waals surface area contributed by atoms with Crippen LogP contribution in [-0.2, 0) is 4.79 Å². The number of ether oxygens (including phenoxy) is 2. The molecule has 1 aliphatic rings. The Morgan fingerprint density at radius 3 is 2.10 bits per heavy atom. The molecule has 29 heavy (non-hydrogen) atoms. The van der Waals surface area contributed by atoms with Gasteiger partial charge in [-0.25, -0.2) is 0 Å². The number of benzene rings is 2. The highest BCUT2D eigenvalue weighted by molar-refractivity contribution is 5.94. The molecule has 6 nitrogen and oxygen atoms in total. The Morgan fingerprint density at radius 2 is 1.45 bits per heavy atom. The number of nitrogens with zero attached hydrogens (tertiary/aromatic N) is 2. The van der Waals surface area contributed by atoms with Gasteiger partial charge >= 0.3 is 0 Å². The average molecular weight is 396 g/mol. The fourth-order valence-electron chi connectivity index (χ4n) is 3.29. The van der Waals surface area contributed by atoms with Gasteiger partial charge in [0.05, 0.1) is 13.2 Å². The van der Waals surface area contributed by atoms with Crippen LogP contribution in [0.4, 0.5) is 0 Å². The molecular formula is C23H28N2O4. The summed E-state index contributed by atoms with van der Waals surface area (Å²) >= 11 is 0. The maximum atomic E-state index is 12.7. The Morgan fingerprint density at radius 1 is 0.828 bits per heavy atom. The van der Waals surface area contributed by atoms with Gasteiger partial charge in [-0.1, -0.05) is 18.2 Å². The molecule has 0 atom stereocenters. The van der Waals surface area contributed by atoms with Crippen LogP contribution >= 0.6 is 0 Å². The van der Waals surface area contributed by atoms with E-state index in [9.17, 15) is 9.59 Å². The van der Waals surface area contributed by atoms with Crippen molar-refractivity contribution in [2.24, 2.45) is 0 Å². The molecule has 0 spiro atoms. The van der Waals surface area contributed by atoms with E-state index in [4.69, 9.17) is 9.47 Å². The largest absolute Gasteiger partial charge is 0.494 e. The van der Waals surface area contributed by atoms with Crippen molar-refractivity contribution in [3.8, 4) is 11.5 Å². The molecule has 0 unspecified atom stereocenters. The van der Waals surface area contributed by atoms with Crippen molar-refractivity contribution in [2.45, 2.75) is 19.8 Å². The van der Waals surface area contributed by atoms with Crippen LogP contribution in [0.1, 0.15) is 30.1 Å². The van der Waals surface area contributed by atoms with E-state index in [2.05, 4.69) is 0 Å². The van der Waals surface area contributed by atoms with Crippen LogP contribution in [-0.4, -0.2) is 61.0 Å². The normalized spacial score (nSPS) is 13.8. The first-order valence-electron chi connectivity index (χ1n) is 10.1. The van der Waals surface area contributed by atoms with Gasteiger partial charge in [-0.2, -0.15) is 0 Å². The van der Waals surface area contributed by atoms with Crippen molar-refractivity contribution < 1.29 is 19.1 Å². The van der Waals surface area contributed by atoms with Crippen LogP contribution in [0.15, 0.2) is 54.6 Å². The molecule has 2 amide bonds. The van der Waals surface area contributed by atoms with Gasteiger partial charge in [0.2, 0.25) is 5.91 Å². The first kappa shape index (κ1) is 20.7. The smallest absolute Gasteiger partial charge is 0.253 e. The minimum absolute atomic E-state index is 0.00333. The summed E-state index contributed by atoms with van der Waals surface area (Å²) in [5.74, 6) is 1.70. The Hall–Kier alpha value is -3.02. The molecule has 2 aromatic carbocycles. The summed E-state index contributed by atoms with van der Waals surface area (Å²) in [5.41, 5.74) is 0.645. The molecule has 0 N–H and O–H groups in total. The number of rotatable bonds is 8. The van der Waals surface area contributed by atoms with Crippen LogP contribution in [0.25, 0.3) is 0 Å².